The van der Waals surface area contributed by atoms with E-state index in [9.17, 15) is 14.4 Å². The Hall–Kier alpha value is -3.44. The van der Waals surface area contributed by atoms with Crippen LogP contribution >= 0.6 is 11.6 Å². The van der Waals surface area contributed by atoms with Crippen molar-refractivity contribution in [2.24, 2.45) is 0 Å². The third-order valence-electron chi connectivity index (χ3n) is 8.21. The van der Waals surface area contributed by atoms with Gasteiger partial charge in [-0.05, 0) is 66.8 Å². The molecule has 1 saturated carbocycles. The number of benzene rings is 3. The van der Waals surface area contributed by atoms with Crippen LogP contribution in [0.3, 0.4) is 0 Å². The van der Waals surface area contributed by atoms with E-state index in [1.807, 2.05) is 18.2 Å². The minimum atomic E-state index is -0.527. The topological polar surface area (TPSA) is 71.4 Å². The minimum Gasteiger partial charge on any atom is -0.336 e. The average molecular weight is 560 g/mol. The predicted molar refractivity (Wildman–Crippen MR) is 158 cm³/mol. The van der Waals surface area contributed by atoms with E-state index in [1.54, 1.807) is 6.07 Å². The van der Waals surface area contributed by atoms with E-state index < -0.39 is 5.82 Å². The number of hydrogen-bond donors (Lipinski definition) is 2. The monoisotopic (exact) mass is 559 g/mol. The van der Waals surface area contributed by atoms with Crippen LogP contribution in [0.4, 0.5) is 14.9 Å². The average Bonchev–Trinajstić information content (AvgIpc) is 3.51. The van der Waals surface area contributed by atoms with Gasteiger partial charge in [-0.15, -0.1) is 0 Å². The van der Waals surface area contributed by atoms with Gasteiger partial charge in [0, 0.05) is 44.0 Å². The zero-order valence-corrected chi connectivity index (χ0v) is 23.5. The van der Waals surface area contributed by atoms with Gasteiger partial charge in [0.25, 0.3) is 0 Å². The summed E-state index contributed by atoms with van der Waals surface area (Å²) in [6, 6.07) is 23.0. The third kappa shape index (κ3) is 6.64. The highest BCUT2D eigenvalue weighted by atomic mass is 35.5. The molecule has 0 bridgehead atoms. The van der Waals surface area contributed by atoms with Crippen LogP contribution in [0.15, 0.2) is 66.7 Å². The largest absolute Gasteiger partial charge is 0.336 e. The predicted octanol–water partition coefficient (Wildman–Crippen LogP) is 6.83. The van der Waals surface area contributed by atoms with E-state index in [1.165, 1.54) is 43.9 Å². The van der Waals surface area contributed by atoms with Crippen LogP contribution in [0, 0.1) is 17.1 Å². The van der Waals surface area contributed by atoms with Crippen molar-refractivity contribution >= 4 is 23.3 Å². The Morgan fingerprint density at radius 2 is 1.85 bits per heavy atom. The van der Waals surface area contributed by atoms with E-state index in [0.717, 1.165) is 36.3 Å². The van der Waals surface area contributed by atoms with Gasteiger partial charge < -0.3 is 10.6 Å². The van der Waals surface area contributed by atoms with Crippen molar-refractivity contribution in [3.63, 3.8) is 0 Å². The van der Waals surface area contributed by atoms with Crippen LogP contribution in [0.25, 0.3) is 11.1 Å². The Balaban J connectivity index is 1.33. The molecule has 3 aromatic carbocycles. The lowest BCUT2D eigenvalue weighted by Crippen LogP contribution is -2.56. The van der Waals surface area contributed by atoms with Crippen molar-refractivity contribution in [2.45, 2.75) is 50.7 Å². The molecule has 5 rings (SSSR count). The number of nitrogens with zero attached hydrogens (tertiary/aromatic N) is 3. The number of hydrogen-bond acceptors (Lipinski definition) is 4. The van der Waals surface area contributed by atoms with Gasteiger partial charge >= 0.3 is 6.03 Å². The minimum absolute atomic E-state index is 0.0252. The highest BCUT2D eigenvalue weighted by Crippen LogP contribution is 2.31. The molecule has 40 heavy (non-hydrogen) atoms. The molecule has 1 aliphatic heterocycles. The van der Waals surface area contributed by atoms with Crippen LogP contribution in [0.1, 0.15) is 49.8 Å². The molecule has 1 heterocycles. The lowest BCUT2D eigenvalue weighted by molar-refractivity contribution is 0.0289. The Morgan fingerprint density at radius 1 is 1.07 bits per heavy atom. The molecule has 2 aliphatic rings. The lowest BCUT2D eigenvalue weighted by atomic mass is 9.97. The van der Waals surface area contributed by atoms with E-state index >= 15 is 0 Å². The first-order valence-corrected chi connectivity index (χ1v) is 14.4. The summed E-state index contributed by atoms with van der Waals surface area (Å²) in [4.78, 5) is 18.0. The van der Waals surface area contributed by atoms with Crippen LogP contribution in [0.5, 0.6) is 0 Å². The van der Waals surface area contributed by atoms with Crippen molar-refractivity contribution in [1.82, 2.24) is 15.1 Å². The molecule has 8 heteroatoms. The summed E-state index contributed by atoms with van der Waals surface area (Å²) >= 11 is 5.88. The van der Waals surface area contributed by atoms with Crippen molar-refractivity contribution in [2.75, 3.05) is 31.5 Å². The van der Waals surface area contributed by atoms with Crippen molar-refractivity contribution in [3.05, 3.63) is 88.7 Å². The van der Waals surface area contributed by atoms with Crippen molar-refractivity contribution in [3.8, 4) is 17.2 Å². The Morgan fingerprint density at radius 3 is 2.55 bits per heavy atom. The second-order valence-electron chi connectivity index (χ2n) is 10.8. The molecule has 6 nitrogen and oxygen atoms in total. The maximum Gasteiger partial charge on any atom is 0.319 e. The van der Waals surface area contributed by atoms with Crippen molar-refractivity contribution in [1.29, 1.82) is 5.26 Å². The number of piperazine rings is 1. The first-order valence-electron chi connectivity index (χ1n) is 14.0. The molecule has 2 N–H and O–H groups in total. The summed E-state index contributed by atoms with van der Waals surface area (Å²) in [6.07, 6.45) is 5.23. The molecule has 0 unspecified atom stereocenters. The van der Waals surface area contributed by atoms with E-state index in [-0.39, 0.29) is 17.1 Å². The Kier molecular flexibility index (Phi) is 9.01. The summed E-state index contributed by atoms with van der Waals surface area (Å²) < 4.78 is 13.5. The summed E-state index contributed by atoms with van der Waals surface area (Å²) in [5.74, 6) is -0.527. The number of amides is 2. The zero-order valence-electron chi connectivity index (χ0n) is 22.7. The molecule has 2 fully saturated rings. The summed E-state index contributed by atoms with van der Waals surface area (Å²) in [5.41, 5.74) is 4.22. The highest BCUT2D eigenvalue weighted by Gasteiger charge is 2.34. The molecule has 1 saturated heterocycles. The van der Waals surface area contributed by atoms with E-state index in [2.05, 4.69) is 57.7 Å². The van der Waals surface area contributed by atoms with Crippen LogP contribution in [-0.4, -0.2) is 54.1 Å². The normalized spacial score (nSPS) is 19.2. The molecule has 2 amide bonds. The standard InChI is InChI=1S/C32H35ClFN5O/c1-22-21-38(28-7-2-3-8-28)15-16-39(22)31(20-36-32(40)37-27-13-14-30(34)29(33)18-27)25-11-9-24(10-12-25)26-6-4-5-23(17-26)19-35/h4-6,9-14,17-18,22,28,31H,2-3,7-8,15-16,20-21H2,1H3,(H2,36,37,40)/t22-,31+/m0/s1. The van der Waals surface area contributed by atoms with Gasteiger partial charge in [0.15, 0.2) is 0 Å². The second kappa shape index (κ2) is 12.8. The van der Waals surface area contributed by atoms with Gasteiger partial charge in [0.05, 0.1) is 22.7 Å². The Bertz CT molecular complexity index is 1370. The molecule has 0 aromatic heterocycles. The smallest absolute Gasteiger partial charge is 0.319 e. The molecular formula is C32H35ClFN5O. The van der Waals surface area contributed by atoms with Gasteiger partial charge in [-0.1, -0.05) is 60.8 Å². The maximum absolute atomic E-state index is 13.5. The second-order valence-corrected chi connectivity index (χ2v) is 11.2. The SMILES string of the molecule is C[C@H]1CN(C2CCCC2)CCN1[C@H](CNC(=O)Nc1ccc(F)c(Cl)c1)c1ccc(-c2cccc(C#N)c2)cc1. The third-order valence-corrected chi connectivity index (χ3v) is 8.50. The number of halogens is 2. The van der Waals surface area contributed by atoms with Crippen molar-refractivity contribution < 1.29 is 9.18 Å². The van der Waals surface area contributed by atoms with Crippen LogP contribution in [-0.2, 0) is 0 Å². The summed E-state index contributed by atoms with van der Waals surface area (Å²) in [7, 11) is 0. The van der Waals surface area contributed by atoms with Crippen LogP contribution in [0.2, 0.25) is 5.02 Å². The van der Waals surface area contributed by atoms with E-state index in [0.29, 0.717) is 29.9 Å². The van der Waals surface area contributed by atoms with Gasteiger partial charge in [-0.25, -0.2) is 9.18 Å². The molecule has 208 valence electrons. The van der Waals surface area contributed by atoms with Gasteiger partial charge in [0.1, 0.15) is 5.82 Å². The number of anilines is 1. The maximum atomic E-state index is 13.5. The van der Waals surface area contributed by atoms with Crippen LogP contribution < -0.4 is 10.6 Å². The van der Waals surface area contributed by atoms with Gasteiger partial charge in [-0.3, -0.25) is 9.80 Å². The number of carbonyl (C=O) groups excluding carboxylic acids is 1. The first kappa shape index (κ1) is 28.1. The zero-order chi connectivity index (χ0) is 28.1. The summed E-state index contributed by atoms with van der Waals surface area (Å²) in [6.45, 7) is 5.64. The van der Waals surface area contributed by atoms with E-state index in [4.69, 9.17) is 11.6 Å². The Labute approximate surface area is 240 Å². The molecule has 3 aromatic rings. The van der Waals surface area contributed by atoms with Gasteiger partial charge in [-0.2, -0.15) is 5.26 Å². The highest BCUT2D eigenvalue weighted by molar-refractivity contribution is 6.31. The fourth-order valence-corrected chi connectivity index (χ4v) is 6.28. The number of rotatable bonds is 7. The summed E-state index contributed by atoms with van der Waals surface area (Å²) in [5, 5.41) is 15.0. The quantitative estimate of drug-likeness (QED) is 0.333. The fourth-order valence-electron chi connectivity index (χ4n) is 6.10. The number of nitriles is 1. The first-order chi connectivity index (χ1) is 19.4. The number of urea groups is 1. The molecular weight excluding hydrogens is 525 g/mol. The lowest BCUT2D eigenvalue weighted by Gasteiger charge is -2.46. The number of carbonyl (C=O) groups is 1. The molecule has 0 spiro atoms. The molecule has 2 atom stereocenters. The fraction of sp³-hybridized carbons (Fsp3) is 0.375. The van der Waals surface area contributed by atoms with Gasteiger partial charge in [0.2, 0.25) is 0 Å². The molecule has 0 radical (unpaired) electrons. The number of nitrogens with one attached hydrogen (secondary N) is 2. The molecule has 1 aliphatic carbocycles.